The molecule has 0 saturated carbocycles. The van der Waals surface area contributed by atoms with Crippen molar-refractivity contribution in [3.05, 3.63) is 65.5 Å². The van der Waals surface area contributed by atoms with Gasteiger partial charge in [-0.25, -0.2) is 14.1 Å². The molecule has 2 aliphatic heterocycles. The number of para-hydroxylation sites is 1. The molecule has 1 fully saturated rings. The minimum absolute atomic E-state index is 0.0851. The maximum atomic E-state index is 13.2. The van der Waals surface area contributed by atoms with Gasteiger partial charge in [-0.3, -0.25) is 9.59 Å². The first-order valence-electron chi connectivity index (χ1n) is 8.07. The van der Waals surface area contributed by atoms with Crippen LogP contribution in [0.15, 0.2) is 53.7 Å². The van der Waals surface area contributed by atoms with Gasteiger partial charge >= 0.3 is 5.97 Å². The van der Waals surface area contributed by atoms with Crippen LogP contribution in [0.25, 0.3) is 0 Å². The summed E-state index contributed by atoms with van der Waals surface area (Å²) in [6.07, 6.45) is -1.12. The van der Waals surface area contributed by atoms with Gasteiger partial charge < -0.3 is 9.57 Å². The van der Waals surface area contributed by atoms with Crippen molar-refractivity contribution in [2.24, 2.45) is 11.1 Å². The highest BCUT2D eigenvalue weighted by Gasteiger charge is 2.56. The number of nitrogens with zero attached hydrogens (tertiary/aromatic N) is 2. The Hall–Kier alpha value is -3.55. The lowest BCUT2D eigenvalue weighted by molar-refractivity contribution is -0.126. The van der Waals surface area contributed by atoms with Crippen molar-refractivity contribution in [2.45, 2.75) is 6.10 Å². The van der Waals surface area contributed by atoms with Gasteiger partial charge in [0.1, 0.15) is 17.4 Å². The van der Waals surface area contributed by atoms with E-state index in [1.165, 1.54) is 43.5 Å². The smallest absolute Gasteiger partial charge is 0.339 e. The molecule has 2 aromatic rings. The van der Waals surface area contributed by atoms with Crippen LogP contribution in [0.2, 0.25) is 0 Å². The van der Waals surface area contributed by atoms with Crippen molar-refractivity contribution in [2.75, 3.05) is 12.0 Å². The third kappa shape index (κ3) is 2.57. The molecule has 4 rings (SSSR count). The molecule has 0 spiro atoms. The van der Waals surface area contributed by atoms with Gasteiger partial charge in [0.2, 0.25) is 12.0 Å². The Morgan fingerprint density at radius 3 is 2.52 bits per heavy atom. The van der Waals surface area contributed by atoms with Crippen molar-refractivity contribution in [1.29, 1.82) is 0 Å². The van der Waals surface area contributed by atoms with E-state index in [2.05, 4.69) is 5.16 Å². The highest BCUT2D eigenvalue weighted by Crippen LogP contribution is 2.36. The summed E-state index contributed by atoms with van der Waals surface area (Å²) in [5.41, 5.74) is 0.933. The number of benzene rings is 2. The zero-order valence-corrected chi connectivity index (χ0v) is 14.1. The highest BCUT2D eigenvalue weighted by molar-refractivity contribution is 6.33. The van der Waals surface area contributed by atoms with E-state index in [0.717, 1.165) is 4.90 Å². The van der Waals surface area contributed by atoms with Crippen molar-refractivity contribution >= 4 is 29.2 Å². The summed E-state index contributed by atoms with van der Waals surface area (Å²) in [4.78, 5) is 43.9. The summed E-state index contributed by atoms with van der Waals surface area (Å²) in [6.45, 7) is 0. The number of carbonyl (C=O) groups is 3. The number of carbonyl (C=O) groups excluding carboxylic acids is 3. The number of amides is 2. The predicted molar refractivity (Wildman–Crippen MR) is 91.6 cm³/mol. The minimum Gasteiger partial charge on any atom is -0.465 e. The number of hydrogen-bond acceptors (Lipinski definition) is 6. The number of hydrogen-bond donors (Lipinski definition) is 0. The maximum absolute atomic E-state index is 13.2. The Morgan fingerprint density at radius 1 is 1.11 bits per heavy atom. The number of ether oxygens (including phenoxy) is 1. The van der Waals surface area contributed by atoms with E-state index in [4.69, 9.17) is 9.57 Å². The van der Waals surface area contributed by atoms with Crippen LogP contribution < -0.4 is 4.90 Å². The molecule has 27 heavy (non-hydrogen) atoms. The molecule has 0 bridgehead atoms. The average molecular weight is 368 g/mol. The van der Waals surface area contributed by atoms with Crippen LogP contribution >= 0.6 is 0 Å². The Bertz CT molecular complexity index is 986. The number of imide groups is 1. The third-order valence-corrected chi connectivity index (χ3v) is 4.50. The average Bonchev–Trinajstić information content (AvgIpc) is 3.22. The quantitative estimate of drug-likeness (QED) is 0.610. The van der Waals surface area contributed by atoms with Gasteiger partial charge in [-0.05, 0) is 24.3 Å². The molecule has 2 amide bonds. The van der Waals surface area contributed by atoms with Crippen LogP contribution in [0.1, 0.15) is 15.9 Å². The fourth-order valence-electron chi connectivity index (χ4n) is 3.23. The van der Waals surface area contributed by atoms with Crippen LogP contribution in [0.5, 0.6) is 0 Å². The van der Waals surface area contributed by atoms with Gasteiger partial charge in [-0.15, -0.1) is 0 Å². The van der Waals surface area contributed by atoms with E-state index >= 15 is 0 Å². The second kappa shape index (κ2) is 6.31. The second-order valence-corrected chi connectivity index (χ2v) is 6.01. The lowest BCUT2D eigenvalue weighted by Crippen LogP contribution is -2.34. The van der Waals surface area contributed by atoms with Crippen molar-refractivity contribution in [3.8, 4) is 0 Å². The lowest BCUT2D eigenvalue weighted by Gasteiger charge is -2.18. The largest absolute Gasteiger partial charge is 0.465 e. The molecular formula is C19H13FN2O5. The standard InChI is InChI=1S/C19H13FN2O5/c1-26-19(25)12-4-2-3-5-13(12)22-17(23)14-15(21-27-16(14)18(22)24)10-6-8-11(20)9-7-10/h2-9,14,16H,1H3/t14-,16+/m1/s1. The van der Waals surface area contributed by atoms with Gasteiger partial charge in [0.15, 0.2) is 0 Å². The normalized spacial score (nSPS) is 21.0. The number of esters is 1. The fourth-order valence-corrected chi connectivity index (χ4v) is 3.23. The van der Waals surface area contributed by atoms with Crippen molar-refractivity contribution in [3.63, 3.8) is 0 Å². The van der Waals surface area contributed by atoms with E-state index in [1.807, 2.05) is 0 Å². The first kappa shape index (κ1) is 16.9. The van der Waals surface area contributed by atoms with Crippen molar-refractivity contribution in [1.82, 2.24) is 0 Å². The number of methoxy groups -OCH3 is 1. The lowest BCUT2D eigenvalue weighted by atomic mass is 9.94. The second-order valence-electron chi connectivity index (χ2n) is 6.01. The molecule has 0 aromatic heterocycles. The summed E-state index contributed by atoms with van der Waals surface area (Å²) in [5.74, 6) is -3.26. The molecular weight excluding hydrogens is 355 g/mol. The molecule has 2 aromatic carbocycles. The molecule has 136 valence electrons. The van der Waals surface area contributed by atoms with E-state index in [1.54, 1.807) is 12.1 Å². The molecule has 0 unspecified atom stereocenters. The predicted octanol–water partition coefficient (Wildman–Crippen LogP) is 1.90. The van der Waals surface area contributed by atoms with Crippen LogP contribution in [-0.4, -0.2) is 36.7 Å². The number of rotatable bonds is 3. The number of oxime groups is 1. The Morgan fingerprint density at radius 2 is 1.81 bits per heavy atom. The number of fused-ring (bicyclic) bond motifs is 1. The molecule has 1 saturated heterocycles. The number of anilines is 1. The van der Waals surface area contributed by atoms with Gasteiger partial charge in [0.05, 0.1) is 18.4 Å². The molecule has 0 aliphatic carbocycles. The van der Waals surface area contributed by atoms with Gasteiger partial charge in [-0.2, -0.15) is 0 Å². The zero-order chi connectivity index (χ0) is 19.1. The minimum atomic E-state index is -1.12. The van der Waals surface area contributed by atoms with Crippen LogP contribution in [0.3, 0.4) is 0 Å². The van der Waals surface area contributed by atoms with Crippen LogP contribution in [-0.2, 0) is 19.2 Å². The molecule has 2 aliphatic rings. The van der Waals surface area contributed by atoms with Crippen molar-refractivity contribution < 1.29 is 28.3 Å². The third-order valence-electron chi connectivity index (χ3n) is 4.50. The van der Waals surface area contributed by atoms with Gasteiger partial charge in [0, 0.05) is 5.56 Å². The zero-order valence-electron chi connectivity index (χ0n) is 14.1. The summed E-state index contributed by atoms with van der Waals surface area (Å²) in [5, 5.41) is 3.86. The Kier molecular flexibility index (Phi) is 3.95. The molecule has 0 radical (unpaired) electrons. The summed E-state index contributed by atoms with van der Waals surface area (Å²) < 4.78 is 17.9. The first-order valence-corrected chi connectivity index (χ1v) is 8.07. The molecule has 2 heterocycles. The summed E-state index contributed by atoms with van der Waals surface area (Å²) in [7, 11) is 1.21. The Labute approximate surface area is 153 Å². The van der Waals surface area contributed by atoms with E-state index in [9.17, 15) is 18.8 Å². The summed E-state index contributed by atoms with van der Waals surface area (Å²) >= 11 is 0. The maximum Gasteiger partial charge on any atom is 0.339 e. The summed E-state index contributed by atoms with van der Waals surface area (Å²) in [6, 6.07) is 11.5. The fraction of sp³-hybridized carbons (Fsp3) is 0.158. The van der Waals surface area contributed by atoms with Crippen LogP contribution in [0, 0.1) is 11.7 Å². The molecule has 8 heteroatoms. The van der Waals surface area contributed by atoms with E-state index in [-0.39, 0.29) is 17.0 Å². The highest BCUT2D eigenvalue weighted by atomic mass is 19.1. The van der Waals surface area contributed by atoms with Gasteiger partial charge in [-0.1, -0.05) is 29.4 Å². The molecule has 0 N–H and O–H groups in total. The Balaban J connectivity index is 1.73. The van der Waals surface area contributed by atoms with Gasteiger partial charge in [0.25, 0.3) is 5.91 Å². The van der Waals surface area contributed by atoms with E-state index < -0.39 is 35.6 Å². The number of halogens is 1. The first-order chi connectivity index (χ1) is 13.0. The van der Waals surface area contributed by atoms with Crippen LogP contribution in [0.4, 0.5) is 10.1 Å². The molecule has 2 atom stereocenters. The van der Waals surface area contributed by atoms with E-state index in [0.29, 0.717) is 5.56 Å². The molecule has 7 nitrogen and oxygen atoms in total. The SMILES string of the molecule is COC(=O)c1ccccc1N1C(=O)[C@@H]2C(c3ccc(F)cc3)=NO[C@@H]2C1=O. The monoisotopic (exact) mass is 368 g/mol. The topological polar surface area (TPSA) is 85.3 Å².